The molecule has 4 nitrogen and oxygen atoms in total. The maximum absolute atomic E-state index is 11.3. The molecule has 78 valence electrons. The zero-order chi connectivity index (χ0) is 10.8. The Balaban J connectivity index is 3.07. The molecule has 0 aliphatic carbocycles. The molecule has 0 aromatic carbocycles. The van der Waals surface area contributed by atoms with Crippen molar-refractivity contribution in [3.8, 4) is 0 Å². The first-order valence-corrected chi connectivity index (χ1v) is 4.70. The number of amides is 1. The van der Waals surface area contributed by atoms with Crippen LogP contribution in [0.15, 0.2) is 12.2 Å². The van der Waals surface area contributed by atoms with Crippen molar-refractivity contribution in [2.75, 3.05) is 6.54 Å². The van der Waals surface area contributed by atoms with Crippen molar-refractivity contribution in [3.05, 3.63) is 12.2 Å². The maximum atomic E-state index is 11.3. The Bertz CT molecular complexity index is 285. The molecule has 1 fully saturated rings. The van der Waals surface area contributed by atoms with E-state index in [1.165, 1.54) is 11.8 Å². The lowest BCUT2D eigenvalue weighted by atomic mass is 9.95. The van der Waals surface area contributed by atoms with E-state index in [4.69, 9.17) is 5.11 Å². The van der Waals surface area contributed by atoms with Gasteiger partial charge in [-0.1, -0.05) is 12.2 Å². The van der Waals surface area contributed by atoms with Crippen LogP contribution in [0.1, 0.15) is 26.7 Å². The Morgan fingerprint density at radius 3 is 2.57 bits per heavy atom. The lowest BCUT2D eigenvalue weighted by Crippen LogP contribution is -2.50. The number of likely N-dealkylation sites (tertiary alicyclic amines) is 1. The summed E-state index contributed by atoms with van der Waals surface area (Å²) in [6.07, 6.45) is 4.54. The van der Waals surface area contributed by atoms with Gasteiger partial charge in [-0.25, -0.2) is 4.79 Å². The number of carbonyl (C=O) groups is 2. The number of carboxylic acid groups (broad SMARTS) is 1. The number of allylic oxidation sites excluding steroid dienone is 1. The summed E-state index contributed by atoms with van der Waals surface area (Å²) in [6.45, 7) is 3.71. The van der Waals surface area contributed by atoms with E-state index < -0.39 is 11.5 Å². The molecule has 1 heterocycles. The van der Waals surface area contributed by atoms with Gasteiger partial charge < -0.3 is 10.0 Å². The van der Waals surface area contributed by atoms with Crippen molar-refractivity contribution in [1.82, 2.24) is 4.90 Å². The summed E-state index contributed by atoms with van der Waals surface area (Å²) in [7, 11) is 0. The Morgan fingerprint density at radius 2 is 2.14 bits per heavy atom. The highest BCUT2D eigenvalue weighted by molar-refractivity contribution is 5.88. The third-order valence-electron chi connectivity index (χ3n) is 2.61. The lowest BCUT2D eigenvalue weighted by molar-refractivity contribution is -0.152. The Morgan fingerprint density at radius 1 is 1.50 bits per heavy atom. The van der Waals surface area contributed by atoms with Crippen molar-refractivity contribution in [3.63, 3.8) is 0 Å². The van der Waals surface area contributed by atoms with Gasteiger partial charge in [0, 0.05) is 13.5 Å². The second kappa shape index (κ2) is 3.82. The molecule has 1 rings (SSSR count). The normalized spacial score (nSPS) is 27.1. The molecule has 0 radical (unpaired) electrons. The van der Waals surface area contributed by atoms with Crippen LogP contribution in [0.3, 0.4) is 0 Å². The molecule has 1 saturated heterocycles. The first-order chi connectivity index (χ1) is 6.54. The number of carbonyl (C=O) groups excluding carboxylic acids is 1. The third kappa shape index (κ3) is 1.52. The fraction of sp³-hybridized carbons (Fsp3) is 0.600. The van der Waals surface area contributed by atoms with Crippen molar-refractivity contribution < 1.29 is 14.7 Å². The zero-order valence-corrected chi connectivity index (χ0v) is 8.49. The molecule has 0 saturated carbocycles. The molecule has 0 bridgehead atoms. The van der Waals surface area contributed by atoms with Crippen LogP contribution in [0.5, 0.6) is 0 Å². The second-order valence-corrected chi connectivity index (χ2v) is 3.50. The van der Waals surface area contributed by atoms with Crippen LogP contribution in [-0.4, -0.2) is 34.0 Å². The summed E-state index contributed by atoms with van der Waals surface area (Å²) in [5, 5.41) is 9.17. The largest absolute Gasteiger partial charge is 0.479 e. The average Bonchev–Trinajstić information content (AvgIpc) is 2.50. The molecule has 0 aromatic rings. The first kappa shape index (κ1) is 10.8. The monoisotopic (exact) mass is 197 g/mol. The predicted molar refractivity (Wildman–Crippen MR) is 51.8 cm³/mol. The molecule has 0 spiro atoms. The van der Waals surface area contributed by atoms with Crippen molar-refractivity contribution in [2.24, 2.45) is 0 Å². The summed E-state index contributed by atoms with van der Waals surface area (Å²) in [6, 6.07) is 0. The van der Waals surface area contributed by atoms with Crippen LogP contribution in [0.2, 0.25) is 0 Å². The molecular formula is C10H15NO3. The molecule has 14 heavy (non-hydrogen) atoms. The average molecular weight is 197 g/mol. The molecular weight excluding hydrogens is 182 g/mol. The molecule has 4 heteroatoms. The van der Waals surface area contributed by atoms with E-state index in [2.05, 4.69) is 0 Å². The highest BCUT2D eigenvalue weighted by Crippen LogP contribution is 2.31. The quantitative estimate of drug-likeness (QED) is 0.672. The molecule has 1 amide bonds. The molecule has 0 aromatic heterocycles. The SMILES string of the molecule is CC=C[C@@]1(C(=O)O)CCCN1C(C)=O. The summed E-state index contributed by atoms with van der Waals surface area (Å²) >= 11 is 0. The van der Waals surface area contributed by atoms with E-state index in [-0.39, 0.29) is 5.91 Å². The van der Waals surface area contributed by atoms with Gasteiger partial charge in [0.1, 0.15) is 0 Å². The zero-order valence-electron chi connectivity index (χ0n) is 8.49. The van der Waals surface area contributed by atoms with Gasteiger partial charge in [-0.05, 0) is 19.8 Å². The summed E-state index contributed by atoms with van der Waals surface area (Å²) in [5.74, 6) is -1.12. The van der Waals surface area contributed by atoms with E-state index in [1.54, 1.807) is 19.1 Å². The fourth-order valence-corrected chi connectivity index (χ4v) is 2.02. The van der Waals surface area contributed by atoms with Gasteiger partial charge in [0.15, 0.2) is 5.54 Å². The third-order valence-corrected chi connectivity index (χ3v) is 2.61. The van der Waals surface area contributed by atoms with E-state index >= 15 is 0 Å². The van der Waals surface area contributed by atoms with E-state index in [0.717, 1.165) is 6.42 Å². The van der Waals surface area contributed by atoms with Gasteiger partial charge in [-0.15, -0.1) is 0 Å². The number of hydrogen-bond acceptors (Lipinski definition) is 2. The van der Waals surface area contributed by atoms with Gasteiger partial charge >= 0.3 is 5.97 Å². The Labute approximate surface area is 83.2 Å². The second-order valence-electron chi connectivity index (χ2n) is 3.50. The minimum Gasteiger partial charge on any atom is -0.479 e. The predicted octanol–water partition coefficient (Wildman–Crippen LogP) is 1.03. The summed E-state index contributed by atoms with van der Waals surface area (Å²) in [5.41, 5.74) is -1.10. The van der Waals surface area contributed by atoms with Crippen molar-refractivity contribution in [1.29, 1.82) is 0 Å². The highest BCUT2D eigenvalue weighted by Gasteiger charge is 2.46. The lowest BCUT2D eigenvalue weighted by Gasteiger charge is -2.31. The van der Waals surface area contributed by atoms with Gasteiger partial charge in [-0.3, -0.25) is 4.79 Å². The van der Waals surface area contributed by atoms with Gasteiger partial charge in [0.2, 0.25) is 5.91 Å². The van der Waals surface area contributed by atoms with Gasteiger partial charge in [0.25, 0.3) is 0 Å². The summed E-state index contributed by atoms with van der Waals surface area (Å²) < 4.78 is 0. The number of hydrogen-bond donors (Lipinski definition) is 1. The van der Waals surface area contributed by atoms with Crippen LogP contribution in [0, 0.1) is 0 Å². The van der Waals surface area contributed by atoms with Crippen LogP contribution in [0.4, 0.5) is 0 Å². The Kier molecular flexibility index (Phi) is 2.93. The van der Waals surface area contributed by atoms with E-state index in [0.29, 0.717) is 13.0 Å². The number of aliphatic carboxylic acids is 1. The topological polar surface area (TPSA) is 57.6 Å². The molecule has 1 aliphatic heterocycles. The minimum atomic E-state index is -1.10. The van der Waals surface area contributed by atoms with E-state index in [9.17, 15) is 9.59 Å². The maximum Gasteiger partial charge on any atom is 0.333 e. The van der Waals surface area contributed by atoms with E-state index in [1.807, 2.05) is 0 Å². The fourth-order valence-electron chi connectivity index (χ4n) is 2.02. The molecule has 1 aliphatic rings. The van der Waals surface area contributed by atoms with Crippen molar-refractivity contribution in [2.45, 2.75) is 32.2 Å². The number of rotatable bonds is 2. The van der Waals surface area contributed by atoms with Crippen LogP contribution in [0.25, 0.3) is 0 Å². The minimum absolute atomic E-state index is 0.178. The Hall–Kier alpha value is -1.32. The standard InChI is InChI=1S/C10H15NO3/c1-3-5-10(9(13)14)6-4-7-11(10)8(2)12/h3,5H,4,6-7H2,1-2H3,(H,13,14)/t10-/m0/s1. The number of carboxylic acids is 1. The first-order valence-electron chi connectivity index (χ1n) is 4.70. The smallest absolute Gasteiger partial charge is 0.333 e. The van der Waals surface area contributed by atoms with Crippen molar-refractivity contribution >= 4 is 11.9 Å². The van der Waals surface area contributed by atoms with Gasteiger partial charge in [-0.2, -0.15) is 0 Å². The molecule has 0 unspecified atom stereocenters. The highest BCUT2D eigenvalue weighted by atomic mass is 16.4. The molecule has 1 atom stereocenters. The van der Waals surface area contributed by atoms with Crippen LogP contribution in [-0.2, 0) is 9.59 Å². The van der Waals surface area contributed by atoms with Crippen LogP contribution < -0.4 is 0 Å². The van der Waals surface area contributed by atoms with Gasteiger partial charge in [0.05, 0.1) is 0 Å². The van der Waals surface area contributed by atoms with Crippen LogP contribution >= 0.6 is 0 Å². The summed E-state index contributed by atoms with van der Waals surface area (Å²) in [4.78, 5) is 23.9. The number of nitrogens with zero attached hydrogens (tertiary/aromatic N) is 1. The molecule has 1 N–H and O–H groups in total.